The second-order valence-electron chi connectivity index (χ2n) is 9.35. The van der Waals surface area contributed by atoms with E-state index in [4.69, 9.17) is 14.6 Å². The molecule has 2 aliphatic carbocycles. The zero-order valence-corrected chi connectivity index (χ0v) is 16.6. The molecule has 0 aromatic carbocycles. The Balaban J connectivity index is 1.97. The van der Waals surface area contributed by atoms with Crippen LogP contribution in [0, 0.1) is 22.7 Å². The number of allylic oxidation sites excluding steroid dienone is 1. The molecule has 3 aliphatic rings. The average molecular weight is 364 g/mol. The van der Waals surface area contributed by atoms with Gasteiger partial charge in [0.15, 0.2) is 0 Å². The van der Waals surface area contributed by atoms with Gasteiger partial charge in [0.1, 0.15) is 17.5 Å². The molecule has 1 saturated heterocycles. The number of esters is 1. The summed E-state index contributed by atoms with van der Waals surface area (Å²) in [5.41, 5.74) is -0.511. The van der Waals surface area contributed by atoms with Gasteiger partial charge in [-0.2, -0.15) is 0 Å². The van der Waals surface area contributed by atoms with Crippen LogP contribution in [0.2, 0.25) is 0 Å². The maximum Gasteiger partial charge on any atom is 0.331 e. The summed E-state index contributed by atoms with van der Waals surface area (Å²) in [6, 6.07) is 0. The Morgan fingerprint density at radius 3 is 2.50 bits per heavy atom. The molecule has 0 amide bonds. The summed E-state index contributed by atoms with van der Waals surface area (Å²) in [5, 5.41) is 9.12. The fourth-order valence-electron chi connectivity index (χ4n) is 6.48. The van der Waals surface area contributed by atoms with Gasteiger partial charge in [-0.15, -0.1) is 0 Å². The van der Waals surface area contributed by atoms with Crippen molar-refractivity contribution in [2.45, 2.75) is 84.8 Å². The van der Waals surface area contributed by atoms with E-state index < -0.39 is 5.97 Å². The van der Waals surface area contributed by atoms with Crippen LogP contribution in [0.4, 0.5) is 0 Å². The first kappa shape index (κ1) is 19.2. The largest absolute Gasteiger partial charge is 0.490 e. The molecule has 1 N–H and O–H groups in total. The maximum absolute atomic E-state index is 11.6. The topological polar surface area (TPSA) is 72.8 Å². The molecule has 26 heavy (non-hydrogen) atoms. The molecular formula is C21H32O5. The molecule has 1 spiro atoms. The van der Waals surface area contributed by atoms with Crippen molar-refractivity contribution in [1.82, 2.24) is 0 Å². The van der Waals surface area contributed by atoms with Crippen LogP contribution in [0.3, 0.4) is 0 Å². The summed E-state index contributed by atoms with van der Waals surface area (Å²) in [4.78, 5) is 22.7. The van der Waals surface area contributed by atoms with E-state index in [0.717, 1.165) is 32.1 Å². The molecule has 0 aromatic rings. The Labute approximate surface area is 156 Å². The second-order valence-corrected chi connectivity index (χ2v) is 9.35. The normalized spacial score (nSPS) is 43.0. The minimum absolute atomic E-state index is 0.0566. The molecule has 5 heteroatoms. The van der Waals surface area contributed by atoms with E-state index in [1.165, 1.54) is 13.0 Å². The Kier molecular flexibility index (Phi) is 4.65. The standard InChI is InChI=1S/C21H32O5/c1-13-6-7-16-19(3,4)17(25-14(2)22)9-10-20(16,5)21(13)11-8-15(26-21)12-18(23)24/h12-13,16-17H,6-11H2,1-5H3,(H,23,24). The van der Waals surface area contributed by atoms with E-state index in [9.17, 15) is 9.59 Å². The highest BCUT2D eigenvalue weighted by molar-refractivity contribution is 5.80. The Hall–Kier alpha value is -1.52. The fourth-order valence-corrected chi connectivity index (χ4v) is 6.48. The molecule has 146 valence electrons. The van der Waals surface area contributed by atoms with E-state index in [1.807, 2.05) is 0 Å². The Morgan fingerprint density at radius 1 is 1.19 bits per heavy atom. The van der Waals surface area contributed by atoms with Gasteiger partial charge < -0.3 is 14.6 Å². The number of hydrogen-bond acceptors (Lipinski definition) is 4. The lowest BCUT2D eigenvalue weighted by atomic mass is 9.44. The van der Waals surface area contributed by atoms with E-state index in [-0.39, 0.29) is 28.5 Å². The van der Waals surface area contributed by atoms with Crippen molar-refractivity contribution in [3.05, 3.63) is 11.8 Å². The second kappa shape index (κ2) is 6.28. The number of ether oxygens (including phenoxy) is 2. The number of rotatable bonds is 2. The molecule has 1 heterocycles. The molecule has 0 aromatic heterocycles. The van der Waals surface area contributed by atoms with Gasteiger partial charge in [0.05, 0.1) is 6.08 Å². The zero-order chi connectivity index (χ0) is 19.3. The van der Waals surface area contributed by atoms with Crippen molar-refractivity contribution in [2.24, 2.45) is 22.7 Å². The Morgan fingerprint density at radius 2 is 1.88 bits per heavy atom. The predicted molar refractivity (Wildman–Crippen MR) is 97.3 cm³/mol. The predicted octanol–water partition coefficient (Wildman–Crippen LogP) is 4.31. The molecule has 0 radical (unpaired) electrons. The lowest BCUT2D eigenvalue weighted by Crippen LogP contribution is -2.64. The summed E-state index contributed by atoms with van der Waals surface area (Å²) < 4.78 is 12.2. The molecule has 5 nitrogen and oxygen atoms in total. The lowest BCUT2D eigenvalue weighted by Gasteiger charge is -2.64. The molecule has 3 rings (SSSR count). The van der Waals surface area contributed by atoms with E-state index in [0.29, 0.717) is 24.0 Å². The number of fused-ring (bicyclic) bond motifs is 2. The van der Waals surface area contributed by atoms with Crippen LogP contribution in [0.1, 0.15) is 73.1 Å². The van der Waals surface area contributed by atoms with E-state index >= 15 is 0 Å². The molecule has 2 saturated carbocycles. The van der Waals surface area contributed by atoms with Gasteiger partial charge in [-0.1, -0.05) is 27.7 Å². The van der Waals surface area contributed by atoms with Crippen molar-refractivity contribution in [1.29, 1.82) is 0 Å². The number of carbonyl (C=O) groups is 2. The van der Waals surface area contributed by atoms with Crippen molar-refractivity contribution < 1.29 is 24.2 Å². The molecule has 5 atom stereocenters. The number of aliphatic carboxylic acids is 1. The molecule has 5 unspecified atom stereocenters. The number of hydrogen-bond donors (Lipinski definition) is 1. The van der Waals surface area contributed by atoms with Gasteiger partial charge in [-0.3, -0.25) is 4.79 Å². The summed E-state index contributed by atoms with van der Waals surface area (Å²) >= 11 is 0. The maximum atomic E-state index is 11.6. The van der Waals surface area contributed by atoms with Crippen molar-refractivity contribution >= 4 is 11.9 Å². The lowest BCUT2D eigenvalue weighted by molar-refractivity contribution is -0.230. The first-order valence-corrected chi connectivity index (χ1v) is 9.82. The molecule has 3 fully saturated rings. The van der Waals surface area contributed by atoms with Crippen LogP contribution in [0.25, 0.3) is 0 Å². The first-order valence-electron chi connectivity index (χ1n) is 9.82. The highest BCUT2D eigenvalue weighted by atomic mass is 16.5. The van der Waals surface area contributed by atoms with Crippen LogP contribution < -0.4 is 0 Å². The smallest absolute Gasteiger partial charge is 0.331 e. The van der Waals surface area contributed by atoms with E-state index in [1.54, 1.807) is 0 Å². The molecule has 0 bridgehead atoms. The zero-order valence-electron chi connectivity index (χ0n) is 16.6. The van der Waals surface area contributed by atoms with E-state index in [2.05, 4.69) is 27.7 Å². The quantitative estimate of drug-likeness (QED) is 0.584. The minimum Gasteiger partial charge on any atom is -0.490 e. The van der Waals surface area contributed by atoms with Crippen LogP contribution >= 0.6 is 0 Å². The summed E-state index contributed by atoms with van der Waals surface area (Å²) in [5.74, 6) is 0.194. The van der Waals surface area contributed by atoms with Crippen molar-refractivity contribution in [2.75, 3.05) is 0 Å². The van der Waals surface area contributed by atoms with Gasteiger partial charge >= 0.3 is 11.9 Å². The third-order valence-electron chi connectivity index (χ3n) is 7.72. The molecular weight excluding hydrogens is 332 g/mol. The van der Waals surface area contributed by atoms with Crippen LogP contribution in [0.5, 0.6) is 0 Å². The highest BCUT2D eigenvalue weighted by Gasteiger charge is 2.66. The van der Waals surface area contributed by atoms with Crippen LogP contribution in [-0.2, 0) is 19.1 Å². The van der Waals surface area contributed by atoms with Gasteiger partial charge in [0.25, 0.3) is 0 Å². The van der Waals surface area contributed by atoms with Crippen LogP contribution in [0.15, 0.2) is 11.8 Å². The summed E-state index contributed by atoms with van der Waals surface area (Å²) in [7, 11) is 0. The van der Waals surface area contributed by atoms with Crippen molar-refractivity contribution in [3.8, 4) is 0 Å². The average Bonchev–Trinajstić information content (AvgIpc) is 2.93. The van der Waals surface area contributed by atoms with Crippen LogP contribution in [-0.4, -0.2) is 28.8 Å². The van der Waals surface area contributed by atoms with Gasteiger partial charge in [-0.25, -0.2) is 4.79 Å². The first-order chi connectivity index (χ1) is 12.0. The minimum atomic E-state index is -0.943. The third kappa shape index (κ3) is 2.74. The van der Waals surface area contributed by atoms with Gasteiger partial charge in [-0.05, 0) is 43.9 Å². The monoisotopic (exact) mass is 364 g/mol. The third-order valence-corrected chi connectivity index (χ3v) is 7.72. The summed E-state index contributed by atoms with van der Waals surface area (Å²) in [6.07, 6.45) is 6.62. The highest BCUT2D eigenvalue weighted by Crippen LogP contribution is 2.67. The number of carboxylic acid groups (broad SMARTS) is 1. The van der Waals surface area contributed by atoms with Crippen molar-refractivity contribution in [3.63, 3.8) is 0 Å². The summed E-state index contributed by atoms with van der Waals surface area (Å²) in [6.45, 7) is 10.5. The number of carboxylic acids is 1. The number of carbonyl (C=O) groups excluding carboxylic acids is 1. The molecule has 1 aliphatic heterocycles. The fraction of sp³-hybridized carbons (Fsp3) is 0.810. The van der Waals surface area contributed by atoms with Gasteiger partial charge in [0.2, 0.25) is 0 Å². The Bertz CT molecular complexity index is 636. The van der Waals surface area contributed by atoms with Gasteiger partial charge in [0, 0.05) is 24.2 Å². The SMILES string of the molecule is CC(=O)OC1CCC2(C)C(CCC(C)C23CCC(=CC(=O)O)O3)C1(C)C.